The third-order valence-corrected chi connectivity index (χ3v) is 5.99. The minimum atomic E-state index is -4.93. The van der Waals surface area contributed by atoms with Crippen molar-refractivity contribution in [3.8, 4) is 5.75 Å². The quantitative estimate of drug-likeness (QED) is 0.509. The van der Waals surface area contributed by atoms with Crippen LogP contribution in [0.2, 0.25) is 5.02 Å². The number of nitrogens with one attached hydrogen (secondary N) is 1. The van der Waals surface area contributed by atoms with Gasteiger partial charge in [-0.1, -0.05) is 23.7 Å². The van der Waals surface area contributed by atoms with Crippen molar-refractivity contribution in [3.05, 3.63) is 64.6 Å². The summed E-state index contributed by atoms with van der Waals surface area (Å²) in [6, 6.07) is 6.49. The second-order valence-corrected chi connectivity index (χ2v) is 8.15. The van der Waals surface area contributed by atoms with Gasteiger partial charge in [0.15, 0.2) is 5.60 Å². The summed E-state index contributed by atoms with van der Waals surface area (Å²) in [4.78, 5) is 8.51. The molecule has 1 heterocycles. The Morgan fingerprint density at radius 2 is 2.06 bits per heavy atom. The first-order valence-electron chi connectivity index (χ1n) is 9.90. The summed E-state index contributed by atoms with van der Waals surface area (Å²) in [6.07, 6.45) is -2.47. The number of methoxy groups -OCH3 is 1. The highest BCUT2D eigenvalue weighted by Gasteiger charge is 2.61. The van der Waals surface area contributed by atoms with Crippen LogP contribution in [-0.2, 0) is 0 Å². The van der Waals surface area contributed by atoms with E-state index in [1.165, 1.54) is 13.2 Å². The van der Waals surface area contributed by atoms with Crippen LogP contribution >= 0.6 is 11.6 Å². The molecule has 1 aromatic heterocycles. The normalized spacial score (nSPS) is 22.1. The monoisotopic (exact) mass is 463 g/mol. The van der Waals surface area contributed by atoms with E-state index < -0.39 is 24.2 Å². The molecule has 0 bridgehead atoms. The Bertz CT molecular complexity index is 1230. The summed E-state index contributed by atoms with van der Waals surface area (Å²) >= 11 is 6.23. The molecule has 32 heavy (non-hydrogen) atoms. The molecule has 5 nitrogen and oxygen atoms in total. The molecule has 0 unspecified atom stereocenters. The summed E-state index contributed by atoms with van der Waals surface area (Å²) < 4.78 is 48.4. The van der Waals surface area contributed by atoms with Gasteiger partial charge in [0.1, 0.15) is 11.6 Å². The molecule has 4 rings (SSSR count). The van der Waals surface area contributed by atoms with Crippen molar-refractivity contribution in [2.45, 2.75) is 38.1 Å². The van der Waals surface area contributed by atoms with E-state index in [4.69, 9.17) is 16.3 Å². The van der Waals surface area contributed by atoms with Crippen LogP contribution < -0.4 is 10.1 Å². The molecule has 1 aliphatic carbocycles. The fraction of sp³-hybridized carbons (Fsp3) is 0.304. The predicted molar refractivity (Wildman–Crippen MR) is 118 cm³/mol. The molecular formula is C23H21ClF3N3O2. The minimum absolute atomic E-state index is 0.193. The zero-order chi connectivity index (χ0) is 23.3. The maximum atomic E-state index is 14.3. The first-order valence-corrected chi connectivity index (χ1v) is 10.3. The van der Waals surface area contributed by atoms with Crippen molar-refractivity contribution in [1.82, 2.24) is 9.97 Å². The highest BCUT2D eigenvalue weighted by molar-refractivity contribution is 6.31. The lowest BCUT2D eigenvalue weighted by Gasteiger charge is -2.44. The van der Waals surface area contributed by atoms with Crippen LogP contribution in [-0.4, -0.2) is 34.0 Å². The Morgan fingerprint density at radius 3 is 2.72 bits per heavy atom. The van der Waals surface area contributed by atoms with Crippen LogP contribution in [0.15, 0.2) is 42.6 Å². The number of allylic oxidation sites excluding steroid dienone is 1. The highest BCUT2D eigenvalue weighted by Crippen LogP contribution is 2.54. The van der Waals surface area contributed by atoms with Gasteiger partial charge in [-0.2, -0.15) is 13.2 Å². The first kappa shape index (κ1) is 22.4. The molecule has 2 N–H and O–H groups in total. The van der Waals surface area contributed by atoms with Gasteiger partial charge in [0.2, 0.25) is 0 Å². The van der Waals surface area contributed by atoms with Crippen LogP contribution in [0.4, 0.5) is 18.9 Å². The number of nitrogens with zero attached hydrogens (tertiary/aromatic N) is 2. The van der Waals surface area contributed by atoms with Gasteiger partial charge in [-0.25, -0.2) is 9.97 Å². The second kappa shape index (κ2) is 7.94. The highest BCUT2D eigenvalue weighted by atomic mass is 35.5. The van der Waals surface area contributed by atoms with E-state index in [1.54, 1.807) is 50.4 Å². The van der Waals surface area contributed by atoms with Crippen LogP contribution in [0.25, 0.3) is 16.5 Å². The Balaban J connectivity index is 1.97. The number of rotatable bonds is 3. The molecule has 9 heteroatoms. The summed E-state index contributed by atoms with van der Waals surface area (Å²) in [7, 11) is 1.43. The molecule has 3 aromatic rings. The van der Waals surface area contributed by atoms with Crippen LogP contribution in [0.3, 0.4) is 0 Å². The van der Waals surface area contributed by atoms with Gasteiger partial charge >= 0.3 is 6.18 Å². The number of fused-ring (bicyclic) bond motifs is 2. The number of aliphatic hydroxyl groups is 1. The molecule has 168 valence electrons. The second-order valence-electron chi connectivity index (χ2n) is 7.72. The lowest BCUT2D eigenvalue weighted by Crippen LogP contribution is -2.54. The van der Waals surface area contributed by atoms with Gasteiger partial charge < -0.3 is 15.2 Å². The average Bonchev–Trinajstić information content (AvgIpc) is 2.73. The third-order valence-electron chi connectivity index (χ3n) is 5.77. The average molecular weight is 464 g/mol. The number of anilines is 1. The minimum Gasteiger partial charge on any atom is -0.496 e. The van der Waals surface area contributed by atoms with E-state index in [-0.39, 0.29) is 10.6 Å². The van der Waals surface area contributed by atoms with Gasteiger partial charge in [0.25, 0.3) is 0 Å². The van der Waals surface area contributed by atoms with E-state index in [9.17, 15) is 18.3 Å². The SMILES string of the molecule is C/C=C1\C[C@](O)(C(F)(F)F)[C@@H](Nc2cccc3nc(C)ncc23)c2cc(Cl)cc(OC)c21. The molecule has 0 amide bonds. The smallest absolute Gasteiger partial charge is 0.419 e. The molecular weight excluding hydrogens is 443 g/mol. The van der Waals surface area contributed by atoms with Gasteiger partial charge in [-0.15, -0.1) is 0 Å². The number of halogens is 4. The topological polar surface area (TPSA) is 67.3 Å². The van der Waals surface area contributed by atoms with Crippen molar-refractivity contribution >= 4 is 33.8 Å². The lowest BCUT2D eigenvalue weighted by atomic mass is 9.72. The van der Waals surface area contributed by atoms with Gasteiger partial charge in [0.05, 0.1) is 18.7 Å². The zero-order valence-electron chi connectivity index (χ0n) is 17.6. The number of aryl methyl sites for hydroxylation is 1. The van der Waals surface area contributed by atoms with Crippen molar-refractivity contribution < 1.29 is 23.0 Å². The number of hydrogen-bond acceptors (Lipinski definition) is 5. The Morgan fingerprint density at radius 1 is 1.31 bits per heavy atom. The van der Waals surface area contributed by atoms with Crippen LogP contribution in [0.1, 0.15) is 36.3 Å². The summed E-state index contributed by atoms with van der Waals surface area (Å²) in [5, 5.41) is 14.8. The Labute approximate surface area is 187 Å². The summed E-state index contributed by atoms with van der Waals surface area (Å²) in [6.45, 7) is 3.36. The van der Waals surface area contributed by atoms with Crippen LogP contribution in [0.5, 0.6) is 5.75 Å². The van der Waals surface area contributed by atoms with Crippen molar-refractivity contribution in [2.24, 2.45) is 0 Å². The fourth-order valence-corrected chi connectivity index (χ4v) is 4.43. The number of alkyl halides is 3. The molecule has 0 spiro atoms. The molecule has 0 aliphatic heterocycles. The van der Waals surface area contributed by atoms with Gasteiger partial charge in [0, 0.05) is 34.3 Å². The third kappa shape index (κ3) is 3.57. The zero-order valence-corrected chi connectivity index (χ0v) is 18.3. The Kier molecular flexibility index (Phi) is 5.55. The first-order chi connectivity index (χ1) is 15.1. The standard InChI is InChI=1S/C23H21ClF3N3O2/c1-4-13-10-22(31,23(25,26)27)21(15-8-14(24)9-19(32-3)20(13)15)30-18-7-5-6-17-16(18)11-28-12(2)29-17/h4-9,11,21,30-31H,10H2,1-3H3/b13-4+/t21-,22+/m0/s1. The van der Waals surface area contributed by atoms with E-state index in [2.05, 4.69) is 15.3 Å². The summed E-state index contributed by atoms with van der Waals surface area (Å²) in [5.41, 5.74) is -1.15. The van der Waals surface area contributed by atoms with Crippen molar-refractivity contribution in [3.63, 3.8) is 0 Å². The molecule has 0 saturated heterocycles. The van der Waals surface area contributed by atoms with E-state index in [0.717, 1.165) is 0 Å². The predicted octanol–water partition coefficient (Wildman–Crippen LogP) is 5.85. The van der Waals surface area contributed by atoms with Crippen molar-refractivity contribution in [2.75, 3.05) is 12.4 Å². The number of aromatic nitrogens is 2. The van der Waals surface area contributed by atoms with Gasteiger partial charge in [-0.05, 0) is 49.2 Å². The molecule has 1 aliphatic rings. The molecule has 0 radical (unpaired) electrons. The largest absolute Gasteiger partial charge is 0.496 e. The maximum absolute atomic E-state index is 14.3. The Hall–Kier alpha value is -2.84. The fourth-order valence-electron chi connectivity index (χ4n) is 4.21. The van der Waals surface area contributed by atoms with Crippen molar-refractivity contribution in [1.29, 1.82) is 0 Å². The number of hydrogen-bond donors (Lipinski definition) is 2. The number of ether oxygens (including phenoxy) is 1. The molecule has 0 fully saturated rings. The van der Waals surface area contributed by atoms with Gasteiger partial charge in [-0.3, -0.25) is 0 Å². The van der Waals surface area contributed by atoms with E-state index in [0.29, 0.717) is 39.3 Å². The molecule has 2 atom stereocenters. The lowest BCUT2D eigenvalue weighted by molar-refractivity contribution is -0.265. The number of benzene rings is 2. The van der Waals surface area contributed by atoms with Crippen LogP contribution in [0, 0.1) is 6.92 Å². The summed E-state index contributed by atoms with van der Waals surface area (Å²) in [5.74, 6) is 0.882. The maximum Gasteiger partial charge on any atom is 0.419 e. The van der Waals surface area contributed by atoms with E-state index >= 15 is 0 Å². The molecule has 0 saturated carbocycles. The molecule has 2 aromatic carbocycles. The van der Waals surface area contributed by atoms with E-state index in [1.807, 2.05) is 0 Å².